The van der Waals surface area contributed by atoms with Gasteiger partial charge in [-0.2, -0.15) is 0 Å². The number of aliphatic hydroxyl groups is 1. The smallest absolute Gasteiger partial charge is 0.321 e. The minimum Gasteiger partial charge on any atom is -0.394 e. The van der Waals surface area contributed by atoms with E-state index in [4.69, 9.17) is 5.11 Å². The number of hydrogen-bond donors (Lipinski definition) is 2. The summed E-state index contributed by atoms with van der Waals surface area (Å²) >= 11 is 0. The van der Waals surface area contributed by atoms with Crippen molar-refractivity contribution in [3.05, 3.63) is 60.2 Å². The number of carbonyl (C=O) groups excluding carboxylic acids is 1. The van der Waals surface area contributed by atoms with Crippen molar-refractivity contribution < 1.29 is 9.90 Å². The average molecular weight is 327 g/mol. The maximum Gasteiger partial charge on any atom is 0.321 e. The Balaban J connectivity index is 1.96. The predicted molar refractivity (Wildman–Crippen MR) is 98.3 cm³/mol. The fourth-order valence-electron chi connectivity index (χ4n) is 2.28. The molecule has 1 atom stereocenters. The number of likely N-dealkylation sites (N-methyl/N-ethyl adjacent to an activating group) is 1. The molecule has 5 heteroatoms. The molecule has 0 radical (unpaired) electrons. The maximum absolute atomic E-state index is 12.1. The molecular weight excluding hydrogens is 302 g/mol. The highest BCUT2D eigenvalue weighted by Crippen LogP contribution is 2.19. The van der Waals surface area contributed by atoms with E-state index in [2.05, 4.69) is 22.3 Å². The minimum absolute atomic E-state index is 0.0624. The Morgan fingerprint density at radius 3 is 2.29 bits per heavy atom. The van der Waals surface area contributed by atoms with Gasteiger partial charge in [0.1, 0.15) is 0 Å². The number of urea groups is 1. The molecule has 128 valence electrons. The van der Waals surface area contributed by atoms with Gasteiger partial charge in [0.25, 0.3) is 0 Å². The Labute approximate surface area is 143 Å². The molecule has 0 heterocycles. The van der Waals surface area contributed by atoms with Crippen LogP contribution in [0.3, 0.4) is 0 Å². The lowest BCUT2D eigenvalue weighted by molar-refractivity contribution is 0.166. The van der Waals surface area contributed by atoms with E-state index in [-0.39, 0.29) is 18.7 Å². The van der Waals surface area contributed by atoms with Gasteiger partial charge in [-0.3, -0.25) is 0 Å². The van der Waals surface area contributed by atoms with Gasteiger partial charge in [0, 0.05) is 32.0 Å². The highest BCUT2D eigenvalue weighted by Gasteiger charge is 2.14. The molecule has 2 N–H and O–H groups in total. The van der Waals surface area contributed by atoms with E-state index in [1.54, 1.807) is 14.0 Å². The van der Waals surface area contributed by atoms with Crippen LogP contribution in [0.1, 0.15) is 12.5 Å². The van der Waals surface area contributed by atoms with Crippen molar-refractivity contribution in [2.45, 2.75) is 19.5 Å². The molecule has 2 amide bonds. The molecule has 2 rings (SSSR count). The molecule has 5 nitrogen and oxygen atoms in total. The molecule has 0 spiro atoms. The third kappa shape index (κ3) is 4.73. The van der Waals surface area contributed by atoms with Gasteiger partial charge in [-0.1, -0.05) is 30.3 Å². The largest absolute Gasteiger partial charge is 0.394 e. The first-order chi connectivity index (χ1) is 11.5. The summed E-state index contributed by atoms with van der Waals surface area (Å²) in [5.74, 6) is 0. The van der Waals surface area contributed by atoms with E-state index in [1.165, 1.54) is 10.5 Å². The number of hydrogen-bond acceptors (Lipinski definition) is 3. The number of benzene rings is 2. The second-order valence-corrected chi connectivity index (χ2v) is 5.96. The molecule has 1 unspecified atom stereocenters. The quantitative estimate of drug-likeness (QED) is 0.857. The summed E-state index contributed by atoms with van der Waals surface area (Å²) < 4.78 is 0. The lowest BCUT2D eigenvalue weighted by Gasteiger charge is -2.24. The Hall–Kier alpha value is -2.53. The summed E-state index contributed by atoms with van der Waals surface area (Å²) in [6.07, 6.45) is 0. The van der Waals surface area contributed by atoms with Crippen molar-refractivity contribution in [1.29, 1.82) is 0 Å². The third-order valence-corrected chi connectivity index (χ3v) is 4.07. The Morgan fingerprint density at radius 1 is 1.08 bits per heavy atom. The predicted octanol–water partition coefficient (Wildman–Crippen LogP) is 3.17. The van der Waals surface area contributed by atoms with Crippen LogP contribution in [0.5, 0.6) is 0 Å². The fourth-order valence-corrected chi connectivity index (χ4v) is 2.28. The minimum atomic E-state index is -0.234. The van der Waals surface area contributed by atoms with Gasteiger partial charge in [0.15, 0.2) is 0 Å². The third-order valence-electron chi connectivity index (χ3n) is 4.07. The number of rotatable bonds is 6. The highest BCUT2D eigenvalue weighted by atomic mass is 16.3. The average Bonchev–Trinajstić information content (AvgIpc) is 2.61. The molecule has 0 aromatic heterocycles. The summed E-state index contributed by atoms with van der Waals surface area (Å²) in [6.45, 7) is 2.55. The van der Waals surface area contributed by atoms with Gasteiger partial charge >= 0.3 is 6.03 Å². The summed E-state index contributed by atoms with van der Waals surface area (Å²) in [5, 5.41) is 11.9. The van der Waals surface area contributed by atoms with Crippen molar-refractivity contribution >= 4 is 17.4 Å². The number of anilines is 2. The second kappa shape index (κ2) is 8.36. The molecule has 0 aliphatic heterocycles. The van der Waals surface area contributed by atoms with Crippen LogP contribution in [0.2, 0.25) is 0 Å². The molecule has 0 saturated heterocycles. The number of aliphatic hydroxyl groups excluding tert-OH is 1. The highest BCUT2D eigenvalue weighted by molar-refractivity contribution is 5.89. The monoisotopic (exact) mass is 327 g/mol. The molecule has 2 aromatic rings. The standard InChI is InChI=1S/C19H25N3O2/c1-15(14-23)22(3)19(24)20-17-9-11-18(12-10-17)21(2)13-16-7-5-4-6-8-16/h4-12,15,23H,13-14H2,1-3H3,(H,20,24). The summed E-state index contributed by atoms with van der Waals surface area (Å²) in [7, 11) is 3.70. The van der Waals surface area contributed by atoms with Gasteiger partial charge in [-0.15, -0.1) is 0 Å². The van der Waals surface area contributed by atoms with E-state index < -0.39 is 0 Å². The van der Waals surface area contributed by atoms with Crippen LogP contribution in [0.15, 0.2) is 54.6 Å². The van der Waals surface area contributed by atoms with Crippen molar-refractivity contribution in [1.82, 2.24) is 4.90 Å². The lowest BCUT2D eigenvalue weighted by Crippen LogP contribution is -2.40. The zero-order valence-corrected chi connectivity index (χ0v) is 14.4. The van der Waals surface area contributed by atoms with Gasteiger partial charge in [-0.05, 0) is 36.8 Å². The maximum atomic E-state index is 12.1. The Kier molecular flexibility index (Phi) is 6.21. The van der Waals surface area contributed by atoms with E-state index in [0.717, 1.165) is 17.9 Å². The number of amides is 2. The zero-order valence-electron chi connectivity index (χ0n) is 14.4. The molecule has 2 aromatic carbocycles. The zero-order chi connectivity index (χ0) is 17.5. The SMILES string of the molecule is CC(CO)N(C)C(=O)Nc1ccc(N(C)Cc2ccccc2)cc1. The number of nitrogens with one attached hydrogen (secondary N) is 1. The lowest BCUT2D eigenvalue weighted by atomic mass is 10.2. The van der Waals surface area contributed by atoms with Crippen molar-refractivity contribution in [3.8, 4) is 0 Å². The van der Waals surface area contributed by atoms with E-state index in [1.807, 2.05) is 49.5 Å². The van der Waals surface area contributed by atoms with Gasteiger partial charge < -0.3 is 20.2 Å². The van der Waals surface area contributed by atoms with Crippen molar-refractivity contribution in [2.75, 3.05) is 30.9 Å². The van der Waals surface area contributed by atoms with Gasteiger partial charge in [-0.25, -0.2) is 4.79 Å². The van der Waals surface area contributed by atoms with Crippen LogP contribution in [-0.2, 0) is 6.54 Å². The van der Waals surface area contributed by atoms with Crippen molar-refractivity contribution in [3.63, 3.8) is 0 Å². The summed E-state index contributed by atoms with van der Waals surface area (Å²) in [6, 6.07) is 17.5. The second-order valence-electron chi connectivity index (χ2n) is 5.96. The van der Waals surface area contributed by atoms with E-state index in [0.29, 0.717) is 0 Å². The van der Waals surface area contributed by atoms with Crippen LogP contribution < -0.4 is 10.2 Å². The van der Waals surface area contributed by atoms with Crippen LogP contribution in [-0.4, -0.2) is 42.8 Å². The molecule has 0 saturated carbocycles. The van der Waals surface area contributed by atoms with Crippen LogP contribution in [0, 0.1) is 0 Å². The first-order valence-corrected chi connectivity index (χ1v) is 8.01. The molecule has 0 aliphatic carbocycles. The molecule has 0 bridgehead atoms. The van der Waals surface area contributed by atoms with Crippen LogP contribution in [0.25, 0.3) is 0 Å². The fraction of sp³-hybridized carbons (Fsp3) is 0.316. The molecule has 24 heavy (non-hydrogen) atoms. The summed E-state index contributed by atoms with van der Waals surface area (Å²) in [5.41, 5.74) is 3.06. The first kappa shape index (κ1) is 17.8. The molecule has 0 fully saturated rings. The first-order valence-electron chi connectivity index (χ1n) is 8.01. The van der Waals surface area contributed by atoms with Crippen molar-refractivity contribution in [2.24, 2.45) is 0 Å². The molecular formula is C19H25N3O2. The van der Waals surface area contributed by atoms with Crippen LogP contribution in [0.4, 0.5) is 16.2 Å². The van der Waals surface area contributed by atoms with Gasteiger partial charge in [0.2, 0.25) is 0 Å². The summed E-state index contributed by atoms with van der Waals surface area (Å²) in [4.78, 5) is 15.7. The van der Waals surface area contributed by atoms with E-state index >= 15 is 0 Å². The number of carbonyl (C=O) groups is 1. The molecule has 0 aliphatic rings. The Morgan fingerprint density at radius 2 is 1.71 bits per heavy atom. The number of nitrogens with zero attached hydrogens (tertiary/aromatic N) is 2. The van der Waals surface area contributed by atoms with Gasteiger partial charge in [0.05, 0.1) is 12.6 Å². The topological polar surface area (TPSA) is 55.8 Å². The van der Waals surface area contributed by atoms with Crippen LogP contribution >= 0.6 is 0 Å². The normalized spacial score (nSPS) is 11.7. The Bertz CT molecular complexity index is 643. The van der Waals surface area contributed by atoms with E-state index in [9.17, 15) is 4.79 Å².